The van der Waals surface area contributed by atoms with Gasteiger partial charge in [0.1, 0.15) is 5.75 Å². The van der Waals surface area contributed by atoms with E-state index < -0.39 is 11.8 Å². The average molecular weight is 444 g/mol. The Kier molecular flexibility index (Phi) is 7.89. The van der Waals surface area contributed by atoms with Gasteiger partial charge in [0.2, 0.25) is 0 Å². The zero-order valence-electron chi connectivity index (χ0n) is 17.4. The Morgan fingerprint density at radius 3 is 2.45 bits per heavy atom. The van der Waals surface area contributed by atoms with Crippen molar-refractivity contribution >= 4 is 35.0 Å². The molecular weight excluding hydrogens is 418 g/mol. The molecule has 0 atom stereocenters. The molecule has 3 rings (SSSR count). The van der Waals surface area contributed by atoms with Gasteiger partial charge < -0.3 is 20.3 Å². The molecule has 0 spiro atoms. The minimum atomic E-state index is -0.731. The summed E-state index contributed by atoms with van der Waals surface area (Å²) in [4.78, 5) is 38.3. The maximum absolute atomic E-state index is 12.3. The molecule has 3 amide bonds. The molecule has 0 aromatic heterocycles. The maximum Gasteiger partial charge on any atom is 0.313 e. The van der Waals surface area contributed by atoms with Gasteiger partial charge in [-0.15, -0.1) is 0 Å². The number of hydrogen-bond donors (Lipinski definition) is 2. The zero-order chi connectivity index (χ0) is 22.2. The van der Waals surface area contributed by atoms with Crippen LogP contribution in [0.15, 0.2) is 48.5 Å². The van der Waals surface area contributed by atoms with E-state index in [2.05, 4.69) is 10.6 Å². The van der Waals surface area contributed by atoms with E-state index in [9.17, 15) is 14.4 Å². The van der Waals surface area contributed by atoms with Crippen LogP contribution in [0.2, 0.25) is 5.02 Å². The van der Waals surface area contributed by atoms with Crippen molar-refractivity contribution in [2.45, 2.75) is 19.8 Å². The summed E-state index contributed by atoms with van der Waals surface area (Å²) >= 11 is 6.04. The van der Waals surface area contributed by atoms with Crippen LogP contribution in [0, 0.1) is 12.8 Å². The third-order valence-corrected chi connectivity index (χ3v) is 5.67. The SMILES string of the molecule is Cc1ccc(NC(=O)C(=O)NCC2CCN(C(=O)COc3ccccc3)CC2)cc1Cl. The number of likely N-dealkylation sites (tertiary alicyclic amines) is 1. The number of carbonyl (C=O) groups excluding carboxylic acids is 3. The summed E-state index contributed by atoms with van der Waals surface area (Å²) in [5.41, 5.74) is 1.36. The lowest BCUT2D eigenvalue weighted by Crippen LogP contribution is -2.44. The third kappa shape index (κ3) is 6.72. The second-order valence-corrected chi connectivity index (χ2v) is 7.96. The Balaban J connectivity index is 1.36. The number of hydrogen-bond acceptors (Lipinski definition) is 4. The first-order valence-electron chi connectivity index (χ1n) is 10.2. The van der Waals surface area contributed by atoms with Crippen molar-refractivity contribution in [1.82, 2.24) is 10.2 Å². The second-order valence-electron chi connectivity index (χ2n) is 7.55. The highest BCUT2D eigenvalue weighted by Gasteiger charge is 2.24. The molecule has 164 valence electrons. The summed E-state index contributed by atoms with van der Waals surface area (Å²) < 4.78 is 5.51. The monoisotopic (exact) mass is 443 g/mol. The van der Waals surface area contributed by atoms with Crippen LogP contribution in [0.1, 0.15) is 18.4 Å². The number of aryl methyl sites for hydroxylation is 1. The van der Waals surface area contributed by atoms with Gasteiger partial charge in [0.15, 0.2) is 6.61 Å². The molecule has 2 N–H and O–H groups in total. The highest BCUT2D eigenvalue weighted by atomic mass is 35.5. The van der Waals surface area contributed by atoms with E-state index in [4.69, 9.17) is 16.3 Å². The van der Waals surface area contributed by atoms with E-state index in [1.807, 2.05) is 37.3 Å². The number of nitrogens with one attached hydrogen (secondary N) is 2. The number of ether oxygens (including phenoxy) is 1. The minimum Gasteiger partial charge on any atom is -0.484 e. The fourth-order valence-electron chi connectivity index (χ4n) is 3.32. The number of anilines is 1. The number of benzene rings is 2. The Labute approximate surface area is 186 Å². The Hall–Kier alpha value is -3.06. The van der Waals surface area contributed by atoms with Crippen LogP contribution >= 0.6 is 11.6 Å². The standard InChI is InChI=1S/C23H26ClN3O4/c1-16-7-8-18(13-20(16)24)26-23(30)22(29)25-14-17-9-11-27(12-10-17)21(28)15-31-19-5-3-2-4-6-19/h2-8,13,17H,9-12,14-15H2,1H3,(H,25,29)(H,26,30). The van der Waals surface area contributed by atoms with Crippen LogP contribution in [-0.4, -0.2) is 48.9 Å². The molecule has 0 unspecified atom stereocenters. The van der Waals surface area contributed by atoms with Crippen LogP contribution in [0.4, 0.5) is 5.69 Å². The summed E-state index contributed by atoms with van der Waals surface area (Å²) in [5, 5.41) is 5.74. The molecule has 8 heteroatoms. The number of para-hydroxylation sites is 1. The second kappa shape index (κ2) is 10.8. The van der Waals surface area contributed by atoms with Crippen LogP contribution < -0.4 is 15.4 Å². The van der Waals surface area contributed by atoms with Gasteiger partial charge in [-0.2, -0.15) is 0 Å². The lowest BCUT2D eigenvalue weighted by Gasteiger charge is -2.32. The van der Waals surface area contributed by atoms with Crippen LogP contribution in [-0.2, 0) is 14.4 Å². The van der Waals surface area contributed by atoms with Gasteiger partial charge in [0, 0.05) is 30.3 Å². The maximum atomic E-state index is 12.3. The number of carbonyl (C=O) groups is 3. The van der Waals surface area contributed by atoms with Crippen molar-refractivity contribution in [3.8, 4) is 5.75 Å². The normalized spacial score (nSPS) is 14.1. The number of nitrogens with zero attached hydrogens (tertiary/aromatic N) is 1. The van der Waals surface area contributed by atoms with E-state index in [0.717, 1.165) is 18.4 Å². The summed E-state index contributed by atoms with van der Waals surface area (Å²) in [6.45, 7) is 3.46. The molecule has 31 heavy (non-hydrogen) atoms. The average Bonchev–Trinajstić information content (AvgIpc) is 2.79. The van der Waals surface area contributed by atoms with E-state index in [0.29, 0.717) is 36.1 Å². The van der Waals surface area contributed by atoms with Crippen LogP contribution in [0.3, 0.4) is 0 Å². The van der Waals surface area contributed by atoms with E-state index in [1.165, 1.54) is 0 Å². The predicted molar refractivity (Wildman–Crippen MR) is 119 cm³/mol. The molecule has 1 aliphatic heterocycles. The van der Waals surface area contributed by atoms with Gasteiger partial charge in [0.05, 0.1) is 0 Å². The number of halogens is 1. The molecule has 1 aliphatic rings. The summed E-state index contributed by atoms with van der Waals surface area (Å²) in [7, 11) is 0. The van der Waals surface area contributed by atoms with E-state index in [-0.39, 0.29) is 18.4 Å². The van der Waals surface area contributed by atoms with E-state index in [1.54, 1.807) is 23.1 Å². The third-order valence-electron chi connectivity index (χ3n) is 5.26. The van der Waals surface area contributed by atoms with Crippen molar-refractivity contribution < 1.29 is 19.1 Å². The lowest BCUT2D eigenvalue weighted by atomic mass is 9.96. The first-order chi connectivity index (χ1) is 14.9. The smallest absolute Gasteiger partial charge is 0.313 e. The highest BCUT2D eigenvalue weighted by Crippen LogP contribution is 2.20. The van der Waals surface area contributed by atoms with Crippen molar-refractivity contribution in [3.63, 3.8) is 0 Å². The molecule has 1 heterocycles. The number of rotatable bonds is 6. The van der Waals surface area contributed by atoms with Gasteiger partial charge in [-0.05, 0) is 55.5 Å². The van der Waals surface area contributed by atoms with Crippen LogP contribution in [0.25, 0.3) is 0 Å². The van der Waals surface area contributed by atoms with Gasteiger partial charge in [0.25, 0.3) is 5.91 Å². The summed E-state index contributed by atoms with van der Waals surface area (Å²) in [6, 6.07) is 14.3. The lowest BCUT2D eigenvalue weighted by molar-refractivity contribution is -0.136. The van der Waals surface area contributed by atoms with Crippen molar-refractivity contribution in [3.05, 3.63) is 59.1 Å². The number of piperidine rings is 1. The Morgan fingerprint density at radius 2 is 1.77 bits per heavy atom. The quantitative estimate of drug-likeness (QED) is 0.672. The molecule has 0 bridgehead atoms. The largest absolute Gasteiger partial charge is 0.484 e. The van der Waals surface area contributed by atoms with Crippen LogP contribution in [0.5, 0.6) is 5.75 Å². The first kappa shape index (κ1) is 22.6. The van der Waals surface area contributed by atoms with Gasteiger partial charge in [-0.3, -0.25) is 14.4 Å². The fourth-order valence-corrected chi connectivity index (χ4v) is 3.50. The molecule has 1 fully saturated rings. The van der Waals surface area contributed by atoms with Gasteiger partial charge >= 0.3 is 11.8 Å². The van der Waals surface area contributed by atoms with E-state index >= 15 is 0 Å². The molecule has 2 aromatic rings. The molecule has 1 saturated heterocycles. The Morgan fingerprint density at radius 1 is 1.06 bits per heavy atom. The molecule has 0 aliphatic carbocycles. The highest BCUT2D eigenvalue weighted by molar-refractivity contribution is 6.39. The molecule has 2 aromatic carbocycles. The molecule has 0 radical (unpaired) electrons. The predicted octanol–water partition coefficient (Wildman–Crippen LogP) is 3.02. The summed E-state index contributed by atoms with van der Waals surface area (Å²) in [6.07, 6.45) is 1.51. The van der Waals surface area contributed by atoms with Crippen molar-refractivity contribution in [2.24, 2.45) is 5.92 Å². The fraction of sp³-hybridized carbons (Fsp3) is 0.348. The molecular formula is C23H26ClN3O4. The van der Waals surface area contributed by atoms with Crippen molar-refractivity contribution in [1.29, 1.82) is 0 Å². The molecule has 0 saturated carbocycles. The zero-order valence-corrected chi connectivity index (χ0v) is 18.2. The van der Waals surface area contributed by atoms with Gasteiger partial charge in [-0.1, -0.05) is 35.9 Å². The summed E-state index contributed by atoms with van der Waals surface area (Å²) in [5.74, 6) is -0.594. The van der Waals surface area contributed by atoms with Gasteiger partial charge in [-0.25, -0.2) is 0 Å². The minimum absolute atomic E-state index is 0.00855. The Bertz CT molecular complexity index is 928. The topological polar surface area (TPSA) is 87.7 Å². The first-order valence-corrected chi connectivity index (χ1v) is 10.6. The number of amides is 3. The molecule has 7 nitrogen and oxygen atoms in total. The van der Waals surface area contributed by atoms with Crippen molar-refractivity contribution in [2.75, 3.05) is 31.6 Å².